The summed E-state index contributed by atoms with van der Waals surface area (Å²) in [5.41, 5.74) is 2.01. The highest BCUT2D eigenvalue weighted by Gasteiger charge is 2.17. The highest BCUT2D eigenvalue weighted by atomic mass is 16.1. The molecule has 1 unspecified atom stereocenters. The SMILES string of the molecule is O=C(NC1CCCCNC1)c1cccc2nccnc12. The quantitative estimate of drug-likeness (QED) is 0.868. The zero-order valence-electron chi connectivity index (χ0n) is 11.3. The van der Waals surface area contributed by atoms with E-state index in [0.717, 1.165) is 31.4 Å². The van der Waals surface area contributed by atoms with Crippen molar-refractivity contribution in [3.63, 3.8) is 0 Å². The van der Waals surface area contributed by atoms with Gasteiger partial charge in [0.05, 0.1) is 11.1 Å². The first kappa shape index (κ1) is 13.0. The van der Waals surface area contributed by atoms with Crippen LogP contribution in [0, 0.1) is 0 Å². The number of aromatic nitrogens is 2. The van der Waals surface area contributed by atoms with E-state index in [1.807, 2.05) is 12.1 Å². The van der Waals surface area contributed by atoms with Gasteiger partial charge in [0.15, 0.2) is 0 Å². The molecule has 1 atom stereocenters. The second-order valence-corrected chi connectivity index (χ2v) is 5.10. The summed E-state index contributed by atoms with van der Waals surface area (Å²) in [4.78, 5) is 20.9. The normalized spacial score (nSPS) is 19.5. The third-order valence-electron chi connectivity index (χ3n) is 3.63. The number of rotatable bonds is 2. The molecule has 5 nitrogen and oxygen atoms in total. The standard InChI is InChI=1S/C15H18N4O/c20-15(19-11-4-1-2-7-16-10-11)12-5-3-6-13-14(12)18-9-8-17-13/h3,5-6,8-9,11,16H,1-2,4,7,10H2,(H,19,20). The first-order chi connectivity index (χ1) is 9.84. The summed E-state index contributed by atoms with van der Waals surface area (Å²) in [5.74, 6) is -0.0650. The summed E-state index contributed by atoms with van der Waals surface area (Å²) >= 11 is 0. The van der Waals surface area contributed by atoms with Crippen LogP contribution in [-0.2, 0) is 0 Å². The second-order valence-electron chi connectivity index (χ2n) is 5.10. The number of hydrogen-bond acceptors (Lipinski definition) is 4. The highest BCUT2D eigenvalue weighted by Crippen LogP contribution is 2.14. The van der Waals surface area contributed by atoms with Crippen molar-refractivity contribution in [2.75, 3.05) is 13.1 Å². The molecule has 1 aromatic heterocycles. The Morgan fingerprint density at radius 1 is 1.25 bits per heavy atom. The zero-order chi connectivity index (χ0) is 13.8. The average molecular weight is 270 g/mol. The number of carbonyl (C=O) groups is 1. The van der Waals surface area contributed by atoms with E-state index in [-0.39, 0.29) is 11.9 Å². The van der Waals surface area contributed by atoms with Gasteiger partial charge in [-0.3, -0.25) is 14.8 Å². The van der Waals surface area contributed by atoms with Gasteiger partial charge in [-0.05, 0) is 31.5 Å². The van der Waals surface area contributed by atoms with Crippen molar-refractivity contribution < 1.29 is 4.79 Å². The van der Waals surface area contributed by atoms with Crippen molar-refractivity contribution >= 4 is 16.9 Å². The van der Waals surface area contributed by atoms with Gasteiger partial charge in [-0.1, -0.05) is 12.5 Å². The molecular formula is C15H18N4O. The molecule has 1 saturated heterocycles. The van der Waals surface area contributed by atoms with Crippen molar-refractivity contribution in [2.45, 2.75) is 25.3 Å². The molecule has 0 saturated carbocycles. The monoisotopic (exact) mass is 270 g/mol. The van der Waals surface area contributed by atoms with Crippen LogP contribution in [0.4, 0.5) is 0 Å². The van der Waals surface area contributed by atoms with Crippen molar-refractivity contribution in [3.8, 4) is 0 Å². The van der Waals surface area contributed by atoms with Crippen LogP contribution in [0.25, 0.3) is 11.0 Å². The summed E-state index contributed by atoms with van der Waals surface area (Å²) in [6.07, 6.45) is 6.60. The minimum atomic E-state index is -0.0650. The minimum Gasteiger partial charge on any atom is -0.348 e. The van der Waals surface area contributed by atoms with Crippen LogP contribution in [0.5, 0.6) is 0 Å². The van der Waals surface area contributed by atoms with E-state index in [0.29, 0.717) is 11.1 Å². The molecule has 5 heteroatoms. The summed E-state index contributed by atoms with van der Waals surface area (Å²) in [6.45, 7) is 1.87. The van der Waals surface area contributed by atoms with Crippen LogP contribution in [0.3, 0.4) is 0 Å². The molecule has 1 amide bonds. The fourth-order valence-corrected chi connectivity index (χ4v) is 2.58. The van der Waals surface area contributed by atoms with Crippen LogP contribution in [0.1, 0.15) is 29.6 Å². The van der Waals surface area contributed by atoms with Crippen molar-refractivity contribution in [3.05, 3.63) is 36.2 Å². The smallest absolute Gasteiger partial charge is 0.253 e. The fraction of sp³-hybridized carbons (Fsp3) is 0.400. The Kier molecular flexibility index (Phi) is 3.87. The summed E-state index contributed by atoms with van der Waals surface area (Å²) in [6, 6.07) is 5.71. The number of amides is 1. The Hall–Kier alpha value is -2.01. The van der Waals surface area contributed by atoms with Gasteiger partial charge in [-0.2, -0.15) is 0 Å². The van der Waals surface area contributed by atoms with Crippen molar-refractivity contribution in [1.82, 2.24) is 20.6 Å². The van der Waals surface area contributed by atoms with Gasteiger partial charge in [-0.15, -0.1) is 0 Å². The lowest BCUT2D eigenvalue weighted by atomic mass is 10.1. The molecular weight excluding hydrogens is 252 g/mol. The van der Waals surface area contributed by atoms with Gasteiger partial charge >= 0.3 is 0 Å². The molecule has 0 bridgehead atoms. The van der Waals surface area contributed by atoms with Gasteiger partial charge < -0.3 is 10.6 Å². The van der Waals surface area contributed by atoms with E-state index in [2.05, 4.69) is 20.6 Å². The van der Waals surface area contributed by atoms with E-state index in [9.17, 15) is 4.79 Å². The number of nitrogens with zero attached hydrogens (tertiary/aromatic N) is 2. The lowest BCUT2D eigenvalue weighted by Crippen LogP contribution is -2.40. The fourth-order valence-electron chi connectivity index (χ4n) is 2.58. The van der Waals surface area contributed by atoms with E-state index in [1.165, 1.54) is 6.42 Å². The molecule has 1 fully saturated rings. The predicted octanol–water partition coefficient (Wildman–Crippen LogP) is 1.50. The van der Waals surface area contributed by atoms with E-state index in [4.69, 9.17) is 0 Å². The molecule has 0 aliphatic carbocycles. The number of fused-ring (bicyclic) bond motifs is 1. The maximum atomic E-state index is 12.4. The molecule has 0 radical (unpaired) electrons. The van der Waals surface area contributed by atoms with Gasteiger partial charge in [-0.25, -0.2) is 0 Å². The molecule has 104 valence electrons. The van der Waals surface area contributed by atoms with E-state index >= 15 is 0 Å². The van der Waals surface area contributed by atoms with Crippen LogP contribution in [-0.4, -0.2) is 35.0 Å². The molecule has 3 rings (SSSR count). The molecule has 2 heterocycles. The van der Waals surface area contributed by atoms with E-state index in [1.54, 1.807) is 18.5 Å². The second kappa shape index (κ2) is 5.96. The molecule has 1 aliphatic rings. The number of carbonyl (C=O) groups excluding carboxylic acids is 1. The predicted molar refractivity (Wildman–Crippen MR) is 77.5 cm³/mol. The number of hydrogen-bond donors (Lipinski definition) is 2. The van der Waals surface area contributed by atoms with Crippen LogP contribution in [0.15, 0.2) is 30.6 Å². The third-order valence-corrected chi connectivity index (χ3v) is 3.63. The number of benzene rings is 1. The zero-order valence-corrected chi connectivity index (χ0v) is 11.3. The molecule has 2 aromatic rings. The van der Waals surface area contributed by atoms with Gasteiger partial charge in [0.2, 0.25) is 0 Å². The largest absolute Gasteiger partial charge is 0.348 e. The minimum absolute atomic E-state index is 0.0650. The summed E-state index contributed by atoms with van der Waals surface area (Å²) in [7, 11) is 0. The Bertz CT molecular complexity index is 600. The van der Waals surface area contributed by atoms with E-state index < -0.39 is 0 Å². The van der Waals surface area contributed by atoms with Gasteiger partial charge in [0, 0.05) is 25.0 Å². The van der Waals surface area contributed by atoms with Gasteiger partial charge in [0.1, 0.15) is 5.52 Å². The lowest BCUT2D eigenvalue weighted by molar-refractivity contribution is 0.0937. The maximum absolute atomic E-state index is 12.4. The van der Waals surface area contributed by atoms with Gasteiger partial charge in [0.25, 0.3) is 5.91 Å². The Morgan fingerprint density at radius 3 is 3.10 bits per heavy atom. The first-order valence-electron chi connectivity index (χ1n) is 7.06. The molecule has 1 aliphatic heterocycles. The Balaban J connectivity index is 1.81. The maximum Gasteiger partial charge on any atom is 0.253 e. The molecule has 1 aromatic carbocycles. The topological polar surface area (TPSA) is 66.9 Å². The lowest BCUT2D eigenvalue weighted by Gasteiger charge is -2.16. The molecule has 20 heavy (non-hydrogen) atoms. The Labute approximate surface area is 117 Å². The van der Waals surface area contributed by atoms with Crippen LogP contribution in [0.2, 0.25) is 0 Å². The Morgan fingerprint density at radius 2 is 2.15 bits per heavy atom. The number of para-hydroxylation sites is 1. The van der Waals surface area contributed by atoms with Crippen molar-refractivity contribution in [1.29, 1.82) is 0 Å². The molecule has 0 spiro atoms. The summed E-state index contributed by atoms with van der Waals surface area (Å²) < 4.78 is 0. The molecule has 2 N–H and O–H groups in total. The third kappa shape index (κ3) is 2.77. The first-order valence-corrected chi connectivity index (χ1v) is 7.06. The van der Waals surface area contributed by atoms with Crippen LogP contribution >= 0.6 is 0 Å². The highest BCUT2D eigenvalue weighted by molar-refractivity contribution is 6.04. The van der Waals surface area contributed by atoms with Crippen molar-refractivity contribution in [2.24, 2.45) is 0 Å². The number of nitrogens with one attached hydrogen (secondary N) is 2. The average Bonchev–Trinajstić information content (AvgIpc) is 2.75. The summed E-state index contributed by atoms with van der Waals surface area (Å²) in [5, 5.41) is 6.45. The van der Waals surface area contributed by atoms with Crippen LogP contribution < -0.4 is 10.6 Å².